The summed E-state index contributed by atoms with van der Waals surface area (Å²) in [4.78, 5) is 7.28. The lowest BCUT2D eigenvalue weighted by Gasteiger charge is -2.31. The van der Waals surface area contributed by atoms with Crippen LogP contribution >= 0.6 is 0 Å². The molecule has 0 N–H and O–H groups in total. The van der Waals surface area contributed by atoms with Gasteiger partial charge in [-0.05, 0) is 44.5 Å². The number of likely N-dealkylation sites (N-methyl/N-ethyl adjacent to an activating group) is 1. The number of ether oxygens (including phenoxy) is 1. The monoisotopic (exact) mass is 220 g/mol. The molecule has 0 amide bonds. The van der Waals surface area contributed by atoms with Crippen LogP contribution in [0.5, 0.6) is 0 Å². The highest BCUT2D eigenvalue weighted by molar-refractivity contribution is 6.01. The summed E-state index contributed by atoms with van der Waals surface area (Å²) in [6.45, 7) is 6.30. The van der Waals surface area contributed by atoms with Crippen molar-refractivity contribution in [2.75, 3.05) is 33.4 Å². The highest BCUT2D eigenvalue weighted by Crippen LogP contribution is 2.35. The molecule has 0 spiro atoms. The molecule has 0 saturated carbocycles. The Bertz CT molecular complexity index is 355. The quantitative estimate of drug-likeness (QED) is 0.669. The van der Waals surface area contributed by atoms with Crippen molar-refractivity contribution in [1.82, 2.24) is 4.90 Å². The van der Waals surface area contributed by atoms with E-state index in [4.69, 9.17) is 9.73 Å². The number of nitrogens with zero attached hydrogens (tertiary/aromatic N) is 2. The van der Waals surface area contributed by atoms with Gasteiger partial charge in [0.2, 0.25) is 0 Å². The molecule has 3 aliphatic heterocycles. The second kappa shape index (κ2) is 3.97. The van der Waals surface area contributed by atoms with Crippen molar-refractivity contribution in [3.63, 3.8) is 0 Å². The van der Waals surface area contributed by atoms with Gasteiger partial charge in [0.1, 0.15) is 0 Å². The van der Waals surface area contributed by atoms with Gasteiger partial charge in [0.15, 0.2) is 0 Å². The molecule has 3 nitrogen and oxygen atoms in total. The van der Waals surface area contributed by atoms with Crippen LogP contribution in [0, 0.1) is 5.92 Å². The maximum Gasteiger partial charge on any atom is 0.0791 e. The third kappa shape index (κ3) is 1.62. The lowest BCUT2D eigenvalue weighted by molar-refractivity contribution is -0.0381. The third-order valence-corrected chi connectivity index (χ3v) is 4.04. The van der Waals surface area contributed by atoms with E-state index in [1.165, 1.54) is 30.7 Å². The van der Waals surface area contributed by atoms with Crippen LogP contribution in [-0.2, 0) is 4.74 Å². The highest BCUT2D eigenvalue weighted by Gasteiger charge is 2.36. The van der Waals surface area contributed by atoms with Gasteiger partial charge in [0, 0.05) is 18.2 Å². The van der Waals surface area contributed by atoms with Crippen LogP contribution in [0.25, 0.3) is 0 Å². The maximum absolute atomic E-state index is 5.31. The van der Waals surface area contributed by atoms with Crippen molar-refractivity contribution in [1.29, 1.82) is 0 Å². The Labute approximate surface area is 97.2 Å². The molecule has 1 unspecified atom stereocenters. The molecule has 0 aromatic heterocycles. The summed E-state index contributed by atoms with van der Waals surface area (Å²) in [6, 6.07) is 0.454. The lowest BCUT2D eigenvalue weighted by atomic mass is 9.88. The smallest absolute Gasteiger partial charge is 0.0791 e. The Balaban J connectivity index is 1.87. The molecule has 0 aliphatic carbocycles. The van der Waals surface area contributed by atoms with Gasteiger partial charge >= 0.3 is 0 Å². The molecule has 1 atom stereocenters. The van der Waals surface area contributed by atoms with Crippen LogP contribution in [0.3, 0.4) is 0 Å². The summed E-state index contributed by atoms with van der Waals surface area (Å²) in [5.41, 5.74) is 4.42. The average Bonchev–Trinajstić information content (AvgIpc) is 2.37. The molecular weight excluding hydrogens is 200 g/mol. The van der Waals surface area contributed by atoms with Crippen molar-refractivity contribution >= 4 is 5.71 Å². The van der Waals surface area contributed by atoms with Gasteiger partial charge in [-0.25, -0.2) is 0 Å². The zero-order chi connectivity index (χ0) is 11.1. The van der Waals surface area contributed by atoms with Gasteiger partial charge < -0.3 is 9.64 Å². The van der Waals surface area contributed by atoms with Crippen LogP contribution < -0.4 is 0 Å². The first-order valence-corrected chi connectivity index (χ1v) is 6.28. The van der Waals surface area contributed by atoms with Crippen molar-refractivity contribution in [3.05, 3.63) is 11.1 Å². The second-order valence-corrected chi connectivity index (χ2v) is 5.30. The summed E-state index contributed by atoms with van der Waals surface area (Å²) in [6.07, 6.45) is 2.52. The van der Waals surface area contributed by atoms with Crippen molar-refractivity contribution in [2.24, 2.45) is 10.9 Å². The fourth-order valence-electron chi connectivity index (χ4n) is 3.00. The molecule has 88 valence electrons. The average molecular weight is 220 g/mol. The maximum atomic E-state index is 5.31. The standard InChI is InChI=1S/C13H20N2O/c1-9-12-6-15(2)5-3-4-11(12)13(14-9)10-7-16-8-10/h10,13H,3-8H2,1-2H3. The van der Waals surface area contributed by atoms with E-state index in [0.717, 1.165) is 19.8 Å². The Morgan fingerprint density at radius 3 is 2.88 bits per heavy atom. The topological polar surface area (TPSA) is 24.8 Å². The molecule has 3 rings (SSSR count). The van der Waals surface area contributed by atoms with Gasteiger partial charge in [0.05, 0.1) is 19.3 Å². The zero-order valence-corrected chi connectivity index (χ0v) is 10.2. The fourth-order valence-corrected chi connectivity index (χ4v) is 3.00. The minimum absolute atomic E-state index is 0.454. The van der Waals surface area contributed by atoms with Crippen LogP contribution in [0.1, 0.15) is 19.8 Å². The van der Waals surface area contributed by atoms with Gasteiger partial charge in [-0.3, -0.25) is 4.99 Å². The molecular formula is C13H20N2O. The van der Waals surface area contributed by atoms with E-state index < -0.39 is 0 Å². The number of hydrogen-bond acceptors (Lipinski definition) is 3. The van der Waals surface area contributed by atoms with Crippen molar-refractivity contribution in [3.8, 4) is 0 Å². The lowest BCUT2D eigenvalue weighted by Crippen LogP contribution is -2.37. The van der Waals surface area contributed by atoms with Gasteiger partial charge in [-0.1, -0.05) is 0 Å². The first-order chi connectivity index (χ1) is 7.75. The van der Waals surface area contributed by atoms with E-state index >= 15 is 0 Å². The van der Waals surface area contributed by atoms with Gasteiger partial charge in [0.25, 0.3) is 0 Å². The van der Waals surface area contributed by atoms with E-state index in [1.807, 2.05) is 0 Å². The van der Waals surface area contributed by atoms with Crippen LogP contribution in [0.2, 0.25) is 0 Å². The molecule has 1 saturated heterocycles. The second-order valence-electron chi connectivity index (χ2n) is 5.30. The fraction of sp³-hybridized carbons (Fsp3) is 0.769. The normalized spacial score (nSPS) is 32.1. The van der Waals surface area contributed by atoms with E-state index in [-0.39, 0.29) is 0 Å². The summed E-state index contributed by atoms with van der Waals surface area (Å²) in [5.74, 6) is 0.658. The molecule has 3 heteroatoms. The minimum Gasteiger partial charge on any atom is -0.381 e. The largest absolute Gasteiger partial charge is 0.381 e. The highest BCUT2D eigenvalue weighted by atomic mass is 16.5. The van der Waals surface area contributed by atoms with E-state index in [1.54, 1.807) is 5.57 Å². The molecule has 3 aliphatic rings. The molecule has 0 aromatic rings. The first kappa shape index (κ1) is 10.5. The molecule has 0 bridgehead atoms. The predicted molar refractivity (Wildman–Crippen MR) is 65.0 cm³/mol. The Kier molecular flexibility index (Phi) is 2.60. The summed E-state index contributed by atoms with van der Waals surface area (Å²) >= 11 is 0. The van der Waals surface area contributed by atoms with Crippen LogP contribution in [0.15, 0.2) is 16.1 Å². The Morgan fingerprint density at radius 1 is 1.38 bits per heavy atom. The van der Waals surface area contributed by atoms with Crippen molar-refractivity contribution < 1.29 is 4.74 Å². The molecule has 0 aromatic carbocycles. The van der Waals surface area contributed by atoms with E-state index in [2.05, 4.69) is 18.9 Å². The van der Waals surface area contributed by atoms with Crippen LogP contribution in [-0.4, -0.2) is 50.0 Å². The molecule has 1 fully saturated rings. The Morgan fingerprint density at radius 2 is 2.19 bits per heavy atom. The van der Waals surface area contributed by atoms with Gasteiger partial charge in [-0.15, -0.1) is 0 Å². The van der Waals surface area contributed by atoms with E-state index in [0.29, 0.717) is 12.0 Å². The predicted octanol–water partition coefficient (Wildman–Crippen LogP) is 1.50. The number of aliphatic imine (C=N–C) groups is 1. The summed E-state index contributed by atoms with van der Waals surface area (Å²) in [5, 5.41) is 0. The molecule has 16 heavy (non-hydrogen) atoms. The Hall–Kier alpha value is -0.670. The van der Waals surface area contributed by atoms with Crippen molar-refractivity contribution in [2.45, 2.75) is 25.8 Å². The zero-order valence-electron chi connectivity index (χ0n) is 10.2. The molecule has 3 heterocycles. The van der Waals surface area contributed by atoms with Gasteiger partial charge in [-0.2, -0.15) is 0 Å². The third-order valence-electron chi connectivity index (χ3n) is 4.04. The number of rotatable bonds is 1. The van der Waals surface area contributed by atoms with E-state index in [9.17, 15) is 0 Å². The first-order valence-electron chi connectivity index (χ1n) is 6.28. The molecule has 0 radical (unpaired) electrons. The van der Waals surface area contributed by atoms with Crippen LogP contribution in [0.4, 0.5) is 0 Å². The SMILES string of the molecule is CC1=NC(C2COC2)C2=C1CN(C)CCC2. The number of hydrogen-bond donors (Lipinski definition) is 0. The minimum atomic E-state index is 0.454. The summed E-state index contributed by atoms with van der Waals surface area (Å²) < 4.78 is 5.31. The summed E-state index contributed by atoms with van der Waals surface area (Å²) in [7, 11) is 2.21.